The van der Waals surface area contributed by atoms with Crippen molar-refractivity contribution in [2.45, 2.75) is 38.5 Å². The fourth-order valence-electron chi connectivity index (χ4n) is 2.19. The summed E-state index contributed by atoms with van der Waals surface area (Å²) < 4.78 is 5.52. The van der Waals surface area contributed by atoms with E-state index in [-0.39, 0.29) is 53.6 Å². The number of hydrogen-bond acceptors (Lipinski definition) is 2. The van der Waals surface area contributed by atoms with Gasteiger partial charge in [0.05, 0.1) is 0 Å². The second kappa shape index (κ2) is 9.61. The van der Waals surface area contributed by atoms with Crippen LogP contribution < -0.4 is 0 Å². The summed E-state index contributed by atoms with van der Waals surface area (Å²) in [5, 5.41) is 0. The van der Waals surface area contributed by atoms with Crippen LogP contribution in [0.2, 0.25) is 0 Å². The number of rotatable bonds is 2. The van der Waals surface area contributed by atoms with E-state index >= 15 is 0 Å². The Morgan fingerprint density at radius 3 is 1.20 bits per heavy atom. The van der Waals surface area contributed by atoms with Gasteiger partial charge in [-0.3, -0.25) is 0 Å². The Morgan fingerprint density at radius 1 is 0.533 bits per heavy atom. The molecule has 0 atom stereocenters. The van der Waals surface area contributed by atoms with Crippen molar-refractivity contribution in [1.82, 2.24) is 6.76 Å². The molecule has 0 unspecified atom stereocenters. The van der Waals surface area contributed by atoms with E-state index in [1.807, 2.05) is 0 Å². The van der Waals surface area contributed by atoms with Gasteiger partial charge in [-0.2, -0.15) is 0 Å². The van der Waals surface area contributed by atoms with Crippen LogP contribution in [0.1, 0.15) is 38.5 Å². The SMILES string of the molecule is Br.Br.C1CC[N]([Ti][N]2CCCCC2)CC1. The molecule has 0 N–H and O–H groups in total. The van der Waals surface area contributed by atoms with Crippen LogP contribution >= 0.6 is 34.0 Å². The molecule has 2 fully saturated rings. The minimum absolute atomic E-state index is 0. The molecule has 0 aromatic carbocycles. The van der Waals surface area contributed by atoms with Crippen LogP contribution in [-0.4, -0.2) is 32.9 Å². The van der Waals surface area contributed by atoms with E-state index in [2.05, 4.69) is 6.76 Å². The van der Waals surface area contributed by atoms with Gasteiger partial charge in [0.15, 0.2) is 0 Å². The van der Waals surface area contributed by atoms with Gasteiger partial charge in [-0.1, -0.05) is 0 Å². The second-order valence-electron chi connectivity index (χ2n) is 4.20. The molecule has 0 bridgehead atoms. The summed E-state index contributed by atoms with van der Waals surface area (Å²) in [6, 6.07) is 0. The molecule has 0 amide bonds. The maximum absolute atomic E-state index is 2.76. The average Bonchev–Trinajstić information content (AvgIpc) is 2.21. The van der Waals surface area contributed by atoms with Crippen LogP contribution in [0.3, 0.4) is 0 Å². The van der Waals surface area contributed by atoms with E-state index in [1.54, 1.807) is 0 Å². The second-order valence-corrected chi connectivity index (χ2v) is 6.48. The van der Waals surface area contributed by atoms with Gasteiger partial charge in [-0.05, 0) is 0 Å². The third-order valence-corrected chi connectivity index (χ3v) is 5.28. The number of halogens is 2. The third-order valence-electron chi connectivity index (χ3n) is 2.99. The summed E-state index contributed by atoms with van der Waals surface area (Å²) in [6.07, 6.45) is 8.77. The van der Waals surface area contributed by atoms with Gasteiger partial charge < -0.3 is 0 Å². The molecule has 2 rings (SSSR count). The Kier molecular flexibility index (Phi) is 10.6. The van der Waals surface area contributed by atoms with Crippen molar-refractivity contribution in [3.05, 3.63) is 0 Å². The van der Waals surface area contributed by atoms with E-state index in [9.17, 15) is 0 Å². The molecule has 0 aromatic heterocycles. The van der Waals surface area contributed by atoms with E-state index in [0.717, 1.165) is 0 Å². The monoisotopic (exact) mass is 376 g/mol. The standard InChI is InChI=1S/2C5H10N.2BrH.Ti/c2*1-2-4-6-5-3-1;;;/h2*1-5H2;2*1H;/q2*-1;;;+2. The maximum atomic E-state index is 2.76. The fourth-order valence-corrected chi connectivity index (χ4v) is 4.42. The first-order valence-corrected chi connectivity index (χ1v) is 7.11. The molecule has 0 spiro atoms. The predicted molar refractivity (Wildman–Crippen MR) is 71.5 cm³/mol. The van der Waals surface area contributed by atoms with Crippen molar-refractivity contribution in [3.63, 3.8) is 0 Å². The van der Waals surface area contributed by atoms with Crippen molar-refractivity contribution >= 4 is 34.0 Å². The Morgan fingerprint density at radius 2 is 0.867 bits per heavy atom. The van der Waals surface area contributed by atoms with Crippen LogP contribution in [0.15, 0.2) is 0 Å². The fraction of sp³-hybridized carbons (Fsp3) is 1.00. The summed E-state index contributed by atoms with van der Waals surface area (Å²) >= 11 is 0.113. The van der Waals surface area contributed by atoms with Gasteiger partial charge in [-0.15, -0.1) is 34.0 Å². The first-order valence-electron chi connectivity index (χ1n) is 5.71. The molecule has 5 heteroatoms. The van der Waals surface area contributed by atoms with Crippen molar-refractivity contribution in [3.8, 4) is 0 Å². The van der Waals surface area contributed by atoms with Gasteiger partial charge >= 0.3 is 91.1 Å². The van der Waals surface area contributed by atoms with Gasteiger partial charge in [0.2, 0.25) is 0 Å². The molecule has 2 aliphatic rings. The molecule has 2 saturated heterocycles. The van der Waals surface area contributed by atoms with Crippen LogP contribution in [0.5, 0.6) is 0 Å². The van der Waals surface area contributed by atoms with Crippen molar-refractivity contribution in [2.75, 3.05) is 26.2 Å². The Bertz CT molecular complexity index is 132. The Labute approximate surface area is 124 Å². The van der Waals surface area contributed by atoms with Gasteiger partial charge in [-0.25, -0.2) is 0 Å². The summed E-state index contributed by atoms with van der Waals surface area (Å²) in [4.78, 5) is 0. The number of piperidine rings is 2. The zero-order chi connectivity index (χ0) is 8.93. The van der Waals surface area contributed by atoms with Gasteiger partial charge in [0.1, 0.15) is 0 Å². The molecule has 90 valence electrons. The number of nitrogens with zero attached hydrogens (tertiary/aromatic N) is 2. The molecule has 2 nitrogen and oxygen atoms in total. The predicted octanol–water partition coefficient (Wildman–Crippen LogP) is 3.03. The molecule has 0 radical (unpaired) electrons. The number of hydrogen-bond donors (Lipinski definition) is 0. The zero-order valence-corrected chi connectivity index (χ0v) is 14.3. The normalized spacial score (nSPS) is 23.7. The molecular formula is C10H22Br2N2Ti. The molecule has 0 aromatic rings. The molecule has 2 heterocycles. The summed E-state index contributed by atoms with van der Waals surface area (Å²) in [5.74, 6) is 0. The Hall–Kier alpha value is 1.59. The van der Waals surface area contributed by atoms with Crippen molar-refractivity contribution in [2.24, 2.45) is 0 Å². The Balaban J connectivity index is 0.000000980. The molecule has 15 heavy (non-hydrogen) atoms. The molecule has 2 aliphatic heterocycles. The van der Waals surface area contributed by atoms with Crippen LogP contribution in [0.4, 0.5) is 0 Å². The summed E-state index contributed by atoms with van der Waals surface area (Å²) in [6.45, 7) is 5.60. The van der Waals surface area contributed by atoms with Crippen LogP contribution in [-0.2, 0) is 19.7 Å². The third kappa shape index (κ3) is 6.18. The van der Waals surface area contributed by atoms with E-state index in [4.69, 9.17) is 0 Å². The molecule has 0 saturated carbocycles. The minimum atomic E-state index is 0. The first kappa shape index (κ1) is 16.6. The quantitative estimate of drug-likeness (QED) is 0.682. The van der Waals surface area contributed by atoms with Crippen molar-refractivity contribution in [1.29, 1.82) is 0 Å². The molecular weight excluding hydrogens is 356 g/mol. The topological polar surface area (TPSA) is 6.48 Å². The van der Waals surface area contributed by atoms with Crippen molar-refractivity contribution < 1.29 is 19.7 Å². The van der Waals surface area contributed by atoms with E-state index < -0.39 is 0 Å². The first-order chi connectivity index (χ1) is 6.45. The molecule has 0 aliphatic carbocycles. The van der Waals surface area contributed by atoms with Crippen LogP contribution in [0.25, 0.3) is 0 Å². The summed E-state index contributed by atoms with van der Waals surface area (Å²) in [7, 11) is 0. The van der Waals surface area contributed by atoms with Crippen LogP contribution in [0, 0.1) is 0 Å². The van der Waals surface area contributed by atoms with E-state index in [0.29, 0.717) is 0 Å². The van der Waals surface area contributed by atoms with Gasteiger partial charge in [0, 0.05) is 0 Å². The summed E-state index contributed by atoms with van der Waals surface area (Å²) in [5.41, 5.74) is 0. The zero-order valence-electron chi connectivity index (χ0n) is 9.28. The van der Waals surface area contributed by atoms with Gasteiger partial charge in [0.25, 0.3) is 0 Å². The average molecular weight is 378 g/mol. The van der Waals surface area contributed by atoms with E-state index in [1.165, 1.54) is 64.7 Å².